The van der Waals surface area contributed by atoms with Crippen molar-refractivity contribution in [2.24, 2.45) is 0 Å². The lowest BCUT2D eigenvalue weighted by atomic mass is 10.1. The number of hydrogen-bond acceptors (Lipinski definition) is 3. The van der Waals surface area contributed by atoms with Crippen molar-refractivity contribution in [1.82, 2.24) is 5.32 Å². The molecule has 2 N–H and O–H groups in total. The van der Waals surface area contributed by atoms with Crippen molar-refractivity contribution in [3.8, 4) is 0 Å². The summed E-state index contributed by atoms with van der Waals surface area (Å²) in [5.74, 6) is -0.171. The summed E-state index contributed by atoms with van der Waals surface area (Å²) < 4.78 is 0. The van der Waals surface area contributed by atoms with Gasteiger partial charge in [0.1, 0.15) is 0 Å². The first-order chi connectivity index (χ1) is 14.1. The third kappa shape index (κ3) is 4.33. The van der Waals surface area contributed by atoms with Crippen LogP contribution in [0.3, 0.4) is 0 Å². The highest BCUT2D eigenvalue weighted by molar-refractivity contribution is 7.80. The van der Waals surface area contributed by atoms with Crippen LogP contribution in [0.25, 0.3) is 0 Å². The molecule has 0 fully saturated rings. The number of benzene rings is 3. The zero-order valence-electron chi connectivity index (χ0n) is 15.6. The number of thiocarbonyl (C=S) groups is 1. The summed E-state index contributed by atoms with van der Waals surface area (Å²) in [6.07, 6.45) is 0.263. The standard InChI is InChI=1S/C23H19N3O2S/c27-21(14-16-6-2-1-3-7-16)25-23(29)24-18-10-12-19(13-11-18)26-15-17-8-4-5-9-20(17)22(26)28/h1-13H,14-15H2,(H2,24,25,27,29). The van der Waals surface area contributed by atoms with Gasteiger partial charge in [0.2, 0.25) is 5.91 Å². The zero-order chi connectivity index (χ0) is 20.2. The minimum absolute atomic E-state index is 0.00463. The normalized spacial score (nSPS) is 12.4. The summed E-state index contributed by atoms with van der Waals surface area (Å²) in [4.78, 5) is 26.4. The van der Waals surface area contributed by atoms with Crippen molar-refractivity contribution in [1.29, 1.82) is 0 Å². The van der Waals surface area contributed by atoms with Gasteiger partial charge in [-0.3, -0.25) is 9.59 Å². The lowest BCUT2D eigenvalue weighted by Gasteiger charge is -2.16. The van der Waals surface area contributed by atoms with Gasteiger partial charge in [0.05, 0.1) is 13.0 Å². The lowest BCUT2D eigenvalue weighted by Crippen LogP contribution is -2.35. The molecule has 3 aromatic carbocycles. The van der Waals surface area contributed by atoms with Crippen molar-refractivity contribution >= 4 is 40.5 Å². The highest BCUT2D eigenvalue weighted by atomic mass is 32.1. The summed E-state index contributed by atoms with van der Waals surface area (Å²) in [5, 5.41) is 5.92. The van der Waals surface area contributed by atoms with E-state index < -0.39 is 0 Å². The van der Waals surface area contributed by atoms with Crippen molar-refractivity contribution in [3.63, 3.8) is 0 Å². The predicted molar refractivity (Wildman–Crippen MR) is 118 cm³/mol. The minimum Gasteiger partial charge on any atom is -0.332 e. The number of fused-ring (bicyclic) bond motifs is 1. The Kier molecular flexibility index (Phi) is 5.35. The van der Waals surface area contributed by atoms with Crippen molar-refractivity contribution < 1.29 is 9.59 Å². The first kappa shape index (κ1) is 18.8. The molecule has 29 heavy (non-hydrogen) atoms. The first-order valence-corrected chi connectivity index (χ1v) is 9.65. The predicted octanol–water partition coefficient (Wildman–Crippen LogP) is 3.90. The van der Waals surface area contributed by atoms with E-state index >= 15 is 0 Å². The summed E-state index contributed by atoms with van der Waals surface area (Å²) in [7, 11) is 0. The molecular formula is C23H19N3O2S. The summed E-state index contributed by atoms with van der Waals surface area (Å²) in [6, 6.07) is 24.5. The molecule has 1 heterocycles. The van der Waals surface area contributed by atoms with Crippen molar-refractivity contribution in [3.05, 3.63) is 95.6 Å². The van der Waals surface area contributed by atoms with Gasteiger partial charge in [-0.25, -0.2) is 0 Å². The quantitative estimate of drug-likeness (QED) is 0.651. The SMILES string of the molecule is O=C(Cc1ccccc1)NC(=S)Nc1ccc(N2Cc3ccccc3C2=O)cc1. The average Bonchev–Trinajstić information content (AvgIpc) is 3.06. The number of carbonyl (C=O) groups excluding carboxylic acids is 2. The number of nitrogens with zero attached hydrogens (tertiary/aromatic N) is 1. The molecule has 3 aromatic rings. The van der Waals surface area contributed by atoms with Gasteiger partial charge in [-0.1, -0.05) is 48.5 Å². The Hall–Kier alpha value is -3.51. The molecule has 0 aromatic heterocycles. The molecule has 0 aliphatic carbocycles. The highest BCUT2D eigenvalue weighted by Gasteiger charge is 2.27. The van der Waals surface area contributed by atoms with Gasteiger partial charge < -0.3 is 15.5 Å². The summed E-state index contributed by atoms with van der Waals surface area (Å²) in [6.45, 7) is 0.565. The lowest BCUT2D eigenvalue weighted by molar-refractivity contribution is -0.119. The summed E-state index contributed by atoms with van der Waals surface area (Å²) in [5.41, 5.74) is 4.26. The fraction of sp³-hybridized carbons (Fsp3) is 0.0870. The highest BCUT2D eigenvalue weighted by Crippen LogP contribution is 2.28. The number of hydrogen-bond donors (Lipinski definition) is 2. The van der Waals surface area contributed by atoms with Crippen LogP contribution >= 0.6 is 12.2 Å². The third-order valence-corrected chi connectivity index (χ3v) is 4.92. The largest absolute Gasteiger partial charge is 0.332 e. The van der Waals surface area contributed by atoms with Crippen molar-refractivity contribution in [2.45, 2.75) is 13.0 Å². The second-order valence-corrected chi connectivity index (χ2v) is 7.17. The molecule has 0 atom stereocenters. The molecule has 0 saturated heterocycles. The molecule has 6 heteroatoms. The van der Waals surface area contributed by atoms with Crippen LogP contribution < -0.4 is 15.5 Å². The Morgan fingerprint density at radius 3 is 2.34 bits per heavy atom. The Morgan fingerprint density at radius 2 is 1.62 bits per heavy atom. The number of carbonyl (C=O) groups is 2. The van der Waals surface area contributed by atoms with E-state index in [4.69, 9.17) is 12.2 Å². The van der Waals surface area contributed by atoms with Gasteiger partial charge in [0.25, 0.3) is 5.91 Å². The maximum atomic E-state index is 12.6. The van der Waals surface area contributed by atoms with Gasteiger partial charge in [-0.05, 0) is 53.7 Å². The minimum atomic E-state index is -0.175. The maximum absolute atomic E-state index is 12.6. The van der Waals surface area contributed by atoms with E-state index in [-0.39, 0.29) is 23.3 Å². The topological polar surface area (TPSA) is 61.4 Å². The molecule has 2 amide bonds. The first-order valence-electron chi connectivity index (χ1n) is 9.25. The molecule has 5 nitrogen and oxygen atoms in total. The van der Waals surface area contributed by atoms with Crippen LogP contribution in [-0.4, -0.2) is 16.9 Å². The molecule has 0 unspecified atom stereocenters. The number of nitrogens with one attached hydrogen (secondary N) is 2. The third-order valence-electron chi connectivity index (χ3n) is 4.72. The molecule has 0 saturated carbocycles. The van der Waals surface area contributed by atoms with E-state index in [1.807, 2.05) is 78.9 Å². The van der Waals surface area contributed by atoms with Crippen LogP contribution in [0.1, 0.15) is 21.5 Å². The molecule has 4 rings (SSSR count). The van der Waals surface area contributed by atoms with E-state index in [2.05, 4.69) is 10.6 Å². The van der Waals surface area contributed by atoms with Crippen LogP contribution in [0.15, 0.2) is 78.9 Å². The number of amides is 2. The average molecular weight is 401 g/mol. The maximum Gasteiger partial charge on any atom is 0.258 e. The molecule has 0 bridgehead atoms. The smallest absolute Gasteiger partial charge is 0.258 e. The van der Waals surface area contributed by atoms with Crippen LogP contribution in [-0.2, 0) is 17.8 Å². The van der Waals surface area contributed by atoms with Crippen molar-refractivity contribution in [2.75, 3.05) is 10.2 Å². The van der Waals surface area contributed by atoms with Gasteiger partial charge in [-0.2, -0.15) is 0 Å². The van der Waals surface area contributed by atoms with Gasteiger partial charge in [0.15, 0.2) is 5.11 Å². The van der Waals surface area contributed by atoms with E-state index in [0.717, 1.165) is 28.1 Å². The second-order valence-electron chi connectivity index (χ2n) is 6.76. The summed E-state index contributed by atoms with van der Waals surface area (Å²) >= 11 is 5.23. The monoisotopic (exact) mass is 401 g/mol. The van der Waals surface area contributed by atoms with Gasteiger partial charge >= 0.3 is 0 Å². The van der Waals surface area contributed by atoms with E-state index in [1.165, 1.54) is 0 Å². The molecule has 1 aliphatic heterocycles. The van der Waals surface area contributed by atoms with Crippen LogP contribution in [0.4, 0.5) is 11.4 Å². The van der Waals surface area contributed by atoms with Crippen LogP contribution in [0.5, 0.6) is 0 Å². The second kappa shape index (κ2) is 8.24. The molecule has 0 radical (unpaired) electrons. The Labute approximate surface area is 174 Å². The Balaban J connectivity index is 1.34. The molecule has 1 aliphatic rings. The fourth-order valence-electron chi connectivity index (χ4n) is 3.30. The van der Waals surface area contributed by atoms with Gasteiger partial charge in [-0.15, -0.1) is 0 Å². The van der Waals surface area contributed by atoms with E-state index in [9.17, 15) is 9.59 Å². The number of rotatable bonds is 4. The Morgan fingerprint density at radius 1 is 0.931 bits per heavy atom. The van der Waals surface area contributed by atoms with Gasteiger partial charge in [0, 0.05) is 16.9 Å². The van der Waals surface area contributed by atoms with E-state index in [0.29, 0.717) is 6.54 Å². The zero-order valence-corrected chi connectivity index (χ0v) is 16.4. The van der Waals surface area contributed by atoms with Crippen LogP contribution in [0, 0.1) is 0 Å². The Bertz CT molecular complexity index is 1060. The fourth-order valence-corrected chi connectivity index (χ4v) is 3.53. The molecular weight excluding hydrogens is 382 g/mol. The van der Waals surface area contributed by atoms with E-state index in [1.54, 1.807) is 4.90 Å². The molecule has 0 spiro atoms. The number of anilines is 2. The molecule has 144 valence electrons. The van der Waals surface area contributed by atoms with Crippen LogP contribution in [0.2, 0.25) is 0 Å².